The molecule has 2 rings (SSSR count). The molecule has 0 amide bonds. The third kappa shape index (κ3) is 1.04. The maximum absolute atomic E-state index is 8.71. The van der Waals surface area contributed by atoms with Crippen LogP contribution in [-0.2, 0) is 0 Å². The summed E-state index contributed by atoms with van der Waals surface area (Å²) in [5.74, 6) is 0. The van der Waals surface area contributed by atoms with Crippen LogP contribution in [0.4, 0.5) is 0 Å². The molecule has 7 heteroatoms. The van der Waals surface area contributed by atoms with Crippen molar-refractivity contribution in [2.45, 2.75) is 0 Å². The molecule has 0 aliphatic heterocycles. The van der Waals surface area contributed by atoms with Gasteiger partial charge in [0.25, 0.3) is 0 Å². The monoisotopic (exact) mass is 164 g/mol. The second kappa shape index (κ2) is 2.54. The predicted octanol–water partition coefficient (Wildman–Crippen LogP) is -1.97. The number of aromatic amines is 1. The van der Waals surface area contributed by atoms with Crippen molar-refractivity contribution in [3.63, 3.8) is 0 Å². The Kier molecular flexibility index (Phi) is 1.52. The Bertz CT molecular complexity index is 401. The largest absolute Gasteiger partial charge is 0.528 e. The minimum absolute atomic E-state index is 0.0467. The van der Waals surface area contributed by atoms with Crippen LogP contribution >= 0.6 is 0 Å². The van der Waals surface area contributed by atoms with Crippen LogP contribution in [0.1, 0.15) is 0 Å². The molecule has 0 fully saturated rings. The molecule has 12 heavy (non-hydrogen) atoms. The zero-order chi connectivity index (χ0) is 8.55. The molecule has 0 atom stereocenters. The van der Waals surface area contributed by atoms with E-state index in [9.17, 15) is 0 Å². The summed E-state index contributed by atoms with van der Waals surface area (Å²) in [5, 5.41) is 17.4. The molecule has 0 spiro atoms. The van der Waals surface area contributed by atoms with Gasteiger partial charge in [0.05, 0.1) is 12.5 Å². The van der Waals surface area contributed by atoms with Crippen molar-refractivity contribution in [2.75, 3.05) is 0 Å². The number of aromatic nitrogens is 4. The van der Waals surface area contributed by atoms with E-state index in [1.165, 1.54) is 12.5 Å². The highest BCUT2D eigenvalue weighted by atomic mass is 16.4. The van der Waals surface area contributed by atoms with Gasteiger partial charge in [-0.2, -0.15) is 0 Å². The highest BCUT2D eigenvalue weighted by Crippen LogP contribution is 1.99. The summed E-state index contributed by atoms with van der Waals surface area (Å²) in [6, 6.07) is 0. The molecule has 0 aromatic carbocycles. The molecule has 0 aliphatic rings. The summed E-state index contributed by atoms with van der Waals surface area (Å²) in [7, 11) is -1.65. The molecule has 6 nitrogen and oxygen atoms in total. The number of rotatable bonds is 1. The Hall–Kier alpha value is -1.47. The molecular formula is C5H5BN4O2. The van der Waals surface area contributed by atoms with Gasteiger partial charge in [-0.25, -0.2) is 15.0 Å². The molecule has 2 heterocycles. The number of fused-ring (bicyclic) bond motifs is 1. The van der Waals surface area contributed by atoms with Gasteiger partial charge in [0.2, 0.25) is 0 Å². The van der Waals surface area contributed by atoms with Crippen molar-refractivity contribution in [1.29, 1.82) is 0 Å². The van der Waals surface area contributed by atoms with Gasteiger partial charge >= 0.3 is 7.12 Å². The summed E-state index contributed by atoms with van der Waals surface area (Å²) < 4.78 is 0. The zero-order valence-electron chi connectivity index (χ0n) is 5.97. The van der Waals surface area contributed by atoms with E-state index in [-0.39, 0.29) is 5.72 Å². The van der Waals surface area contributed by atoms with Crippen LogP contribution in [-0.4, -0.2) is 37.1 Å². The Morgan fingerprint density at radius 2 is 2.17 bits per heavy atom. The van der Waals surface area contributed by atoms with Crippen molar-refractivity contribution in [3.8, 4) is 0 Å². The number of hydrogen-bond acceptors (Lipinski definition) is 5. The number of nitrogens with zero attached hydrogens (tertiary/aromatic N) is 3. The van der Waals surface area contributed by atoms with E-state index < -0.39 is 7.12 Å². The van der Waals surface area contributed by atoms with E-state index in [0.29, 0.717) is 11.2 Å². The average molecular weight is 164 g/mol. The van der Waals surface area contributed by atoms with Crippen molar-refractivity contribution in [3.05, 3.63) is 12.5 Å². The van der Waals surface area contributed by atoms with Crippen LogP contribution in [0.5, 0.6) is 0 Å². The summed E-state index contributed by atoms with van der Waals surface area (Å²) in [6.07, 6.45) is 2.91. The van der Waals surface area contributed by atoms with E-state index in [0.717, 1.165) is 0 Å². The lowest BCUT2D eigenvalue weighted by atomic mass is 9.91. The van der Waals surface area contributed by atoms with Crippen LogP contribution in [0.25, 0.3) is 11.2 Å². The maximum atomic E-state index is 8.71. The van der Waals surface area contributed by atoms with Crippen molar-refractivity contribution < 1.29 is 10.0 Å². The number of imidazole rings is 1. The molecule has 0 saturated heterocycles. The fraction of sp³-hybridized carbons (Fsp3) is 0. The van der Waals surface area contributed by atoms with Crippen LogP contribution in [0, 0.1) is 0 Å². The van der Waals surface area contributed by atoms with Crippen LogP contribution in [0.3, 0.4) is 0 Å². The first-order chi connectivity index (χ1) is 5.77. The van der Waals surface area contributed by atoms with Crippen molar-refractivity contribution in [2.24, 2.45) is 0 Å². The molecule has 0 radical (unpaired) electrons. The van der Waals surface area contributed by atoms with Crippen LogP contribution in [0.2, 0.25) is 0 Å². The quantitative estimate of drug-likeness (QED) is 0.425. The molecule has 0 bridgehead atoms. The lowest BCUT2D eigenvalue weighted by Crippen LogP contribution is -2.35. The average Bonchev–Trinajstić information content (AvgIpc) is 2.49. The third-order valence-electron chi connectivity index (χ3n) is 1.43. The second-order valence-electron chi connectivity index (χ2n) is 2.24. The van der Waals surface area contributed by atoms with E-state index >= 15 is 0 Å². The molecule has 0 saturated carbocycles. The molecule has 2 aromatic heterocycles. The fourth-order valence-corrected chi connectivity index (χ4v) is 0.874. The number of H-pyrrole nitrogens is 1. The van der Waals surface area contributed by atoms with Gasteiger partial charge in [-0.3, -0.25) is 0 Å². The van der Waals surface area contributed by atoms with Gasteiger partial charge in [0, 0.05) is 0 Å². The topological polar surface area (TPSA) is 94.9 Å². The standard InChI is InChI=1S/C5H5BN4O2/c11-6(12)5-7-1-3-4(10-5)9-2-8-3/h1-2,11-12H,(H,7,8,9,10). The highest BCUT2D eigenvalue weighted by molar-refractivity contribution is 6.56. The summed E-state index contributed by atoms with van der Waals surface area (Å²) >= 11 is 0. The molecule has 60 valence electrons. The van der Waals surface area contributed by atoms with Crippen LogP contribution < -0.4 is 5.72 Å². The zero-order valence-corrected chi connectivity index (χ0v) is 5.97. The number of nitrogens with one attached hydrogen (secondary N) is 1. The second-order valence-corrected chi connectivity index (χ2v) is 2.24. The fourth-order valence-electron chi connectivity index (χ4n) is 0.874. The lowest BCUT2D eigenvalue weighted by Gasteiger charge is -1.94. The van der Waals surface area contributed by atoms with E-state index in [1.54, 1.807) is 0 Å². The molecular weight excluding hydrogens is 159 g/mol. The maximum Gasteiger partial charge on any atom is 0.528 e. The Morgan fingerprint density at radius 3 is 2.92 bits per heavy atom. The Morgan fingerprint density at radius 1 is 1.33 bits per heavy atom. The minimum Gasteiger partial charge on any atom is -0.421 e. The Balaban J connectivity index is 2.60. The molecule has 0 aliphatic carbocycles. The van der Waals surface area contributed by atoms with E-state index in [2.05, 4.69) is 19.9 Å². The van der Waals surface area contributed by atoms with Gasteiger partial charge in [-0.15, -0.1) is 0 Å². The molecule has 2 aromatic rings. The summed E-state index contributed by atoms with van der Waals surface area (Å²) in [5.41, 5.74) is 1.04. The third-order valence-corrected chi connectivity index (χ3v) is 1.43. The first kappa shape index (κ1) is 7.20. The Labute approximate surface area is 67.5 Å². The van der Waals surface area contributed by atoms with Gasteiger partial charge in [-0.1, -0.05) is 0 Å². The predicted molar refractivity (Wildman–Crippen MR) is 41.5 cm³/mol. The van der Waals surface area contributed by atoms with Gasteiger partial charge < -0.3 is 15.0 Å². The van der Waals surface area contributed by atoms with Gasteiger partial charge in [-0.05, 0) is 0 Å². The number of hydrogen-bond donors (Lipinski definition) is 3. The minimum atomic E-state index is -1.65. The first-order valence-electron chi connectivity index (χ1n) is 3.29. The van der Waals surface area contributed by atoms with Gasteiger partial charge in [0.15, 0.2) is 11.4 Å². The molecule has 0 unspecified atom stereocenters. The van der Waals surface area contributed by atoms with Crippen LogP contribution in [0.15, 0.2) is 12.5 Å². The van der Waals surface area contributed by atoms with E-state index in [1.807, 2.05) is 0 Å². The smallest absolute Gasteiger partial charge is 0.421 e. The summed E-state index contributed by atoms with van der Waals surface area (Å²) in [4.78, 5) is 14.1. The van der Waals surface area contributed by atoms with Crippen molar-refractivity contribution in [1.82, 2.24) is 19.9 Å². The normalized spacial score (nSPS) is 10.5. The highest BCUT2D eigenvalue weighted by Gasteiger charge is 2.15. The van der Waals surface area contributed by atoms with Gasteiger partial charge in [0.1, 0.15) is 5.52 Å². The van der Waals surface area contributed by atoms with E-state index in [4.69, 9.17) is 10.0 Å². The first-order valence-corrected chi connectivity index (χ1v) is 3.29. The summed E-state index contributed by atoms with van der Waals surface area (Å²) in [6.45, 7) is 0. The SMILES string of the molecule is OB(O)c1ncc2[nH]cnc2n1. The van der Waals surface area contributed by atoms with Crippen molar-refractivity contribution >= 4 is 24.0 Å². The lowest BCUT2D eigenvalue weighted by molar-refractivity contribution is 0.422. The molecule has 3 N–H and O–H groups in total.